The second-order valence-corrected chi connectivity index (χ2v) is 4.16. The van der Waals surface area contributed by atoms with Crippen molar-refractivity contribution in [2.45, 2.75) is 19.9 Å². The van der Waals surface area contributed by atoms with Crippen molar-refractivity contribution in [2.75, 3.05) is 12.8 Å². The van der Waals surface area contributed by atoms with Crippen molar-refractivity contribution in [3.63, 3.8) is 0 Å². The van der Waals surface area contributed by atoms with Gasteiger partial charge >= 0.3 is 0 Å². The predicted molar refractivity (Wildman–Crippen MR) is 66.1 cm³/mol. The number of carbonyl (C=O) groups is 1. The summed E-state index contributed by atoms with van der Waals surface area (Å²) in [5, 5.41) is 0. The monoisotopic (exact) mass is 223 g/mol. The molecule has 0 saturated carbocycles. The van der Waals surface area contributed by atoms with Crippen LogP contribution in [0, 0.1) is 6.92 Å². The molecule has 1 aromatic carbocycles. The third kappa shape index (κ3) is 3.96. The first-order valence-corrected chi connectivity index (χ1v) is 5.67. The molecular formula is C12H17NOS. The van der Waals surface area contributed by atoms with Gasteiger partial charge in [0.2, 0.25) is 5.91 Å². The van der Waals surface area contributed by atoms with Gasteiger partial charge in [-0.2, -0.15) is 12.6 Å². The van der Waals surface area contributed by atoms with Gasteiger partial charge in [0.05, 0.1) is 0 Å². The summed E-state index contributed by atoms with van der Waals surface area (Å²) in [4.78, 5) is 13.3. The molecule has 0 atom stereocenters. The largest absolute Gasteiger partial charge is 0.341 e. The molecule has 0 fully saturated rings. The molecule has 0 aromatic heterocycles. The lowest BCUT2D eigenvalue weighted by Gasteiger charge is -2.17. The number of thiol groups is 1. The maximum Gasteiger partial charge on any atom is 0.223 e. The average molecular weight is 223 g/mol. The first-order valence-electron chi connectivity index (χ1n) is 5.04. The summed E-state index contributed by atoms with van der Waals surface area (Å²) in [6.45, 7) is 2.73. The Bertz CT molecular complexity index is 338. The van der Waals surface area contributed by atoms with E-state index in [1.807, 2.05) is 19.2 Å². The first kappa shape index (κ1) is 12.1. The van der Waals surface area contributed by atoms with Gasteiger partial charge < -0.3 is 4.90 Å². The summed E-state index contributed by atoms with van der Waals surface area (Å²) in [6, 6.07) is 8.21. The highest BCUT2D eigenvalue weighted by Gasteiger charge is 2.07. The molecule has 0 radical (unpaired) electrons. The van der Waals surface area contributed by atoms with Gasteiger partial charge in [0.1, 0.15) is 0 Å². The van der Waals surface area contributed by atoms with Crippen LogP contribution in [-0.2, 0) is 11.3 Å². The number of aryl methyl sites for hydroxylation is 1. The smallest absolute Gasteiger partial charge is 0.223 e. The molecule has 0 bridgehead atoms. The Morgan fingerprint density at radius 2 is 2.20 bits per heavy atom. The summed E-state index contributed by atoms with van der Waals surface area (Å²) >= 11 is 4.05. The Labute approximate surface area is 96.7 Å². The van der Waals surface area contributed by atoms with Crippen LogP contribution in [0.15, 0.2) is 24.3 Å². The van der Waals surface area contributed by atoms with Crippen molar-refractivity contribution in [2.24, 2.45) is 0 Å². The molecule has 0 N–H and O–H groups in total. The van der Waals surface area contributed by atoms with Crippen LogP contribution in [0.2, 0.25) is 0 Å². The van der Waals surface area contributed by atoms with Crippen molar-refractivity contribution in [3.8, 4) is 0 Å². The van der Waals surface area contributed by atoms with Gasteiger partial charge in [0, 0.05) is 20.0 Å². The third-order valence-electron chi connectivity index (χ3n) is 2.25. The molecule has 0 unspecified atom stereocenters. The topological polar surface area (TPSA) is 20.3 Å². The highest BCUT2D eigenvalue weighted by Crippen LogP contribution is 2.07. The minimum atomic E-state index is 0.145. The number of amides is 1. The fourth-order valence-electron chi connectivity index (χ4n) is 1.46. The summed E-state index contributed by atoms with van der Waals surface area (Å²) in [7, 11) is 1.83. The van der Waals surface area contributed by atoms with Crippen molar-refractivity contribution in [3.05, 3.63) is 35.4 Å². The van der Waals surface area contributed by atoms with Gasteiger partial charge in [-0.05, 0) is 18.2 Å². The standard InChI is InChI=1S/C12H17NOS/c1-10-4-3-5-11(8-10)9-13(2)12(14)6-7-15/h3-5,8,15H,6-7,9H2,1-2H3. The predicted octanol–water partition coefficient (Wildman–Crippen LogP) is 2.27. The van der Waals surface area contributed by atoms with E-state index in [0.717, 1.165) is 0 Å². The van der Waals surface area contributed by atoms with E-state index in [0.29, 0.717) is 18.7 Å². The summed E-state index contributed by atoms with van der Waals surface area (Å²) in [6.07, 6.45) is 0.505. The van der Waals surface area contributed by atoms with Crippen LogP contribution >= 0.6 is 12.6 Å². The van der Waals surface area contributed by atoms with Crippen LogP contribution in [0.3, 0.4) is 0 Å². The summed E-state index contributed by atoms with van der Waals surface area (Å²) in [5.41, 5.74) is 2.40. The van der Waals surface area contributed by atoms with Crippen molar-refractivity contribution >= 4 is 18.5 Å². The quantitative estimate of drug-likeness (QED) is 0.776. The van der Waals surface area contributed by atoms with E-state index in [9.17, 15) is 4.79 Å². The molecule has 15 heavy (non-hydrogen) atoms. The zero-order valence-corrected chi connectivity index (χ0v) is 10.1. The highest BCUT2D eigenvalue weighted by molar-refractivity contribution is 7.80. The van der Waals surface area contributed by atoms with Crippen LogP contribution in [0.5, 0.6) is 0 Å². The number of rotatable bonds is 4. The second kappa shape index (κ2) is 5.81. The highest BCUT2D eigenvalue weighted by atomic mass is 32.1. The Kier molecular flexibility index (Phi) is 4.69. The number of hydrogen-bond donors (Lipinski definition) is 1. The molecule has 0 saturated heterocycles. The zero-order chi connectivity index (χ0) is 11.3. The summed E-state index contributed by atoms with van der Waals surface area (Å²) in [5.74, 6) is 0.753. The molecule has 0 aliphatic rings. The molecule has 2 nitrogen and oxygen atoms in total. The number of hydrogen-bond acceptors (Lipinski definition) is 2. The molecule has 0 aliphatic heterocycles. The molecule has 1 aromatic rings. The van der Waals surface area contributed by atoms with Gasteiger partial charge in [0.15, 0.2) is 0 Å². The van der Waals surface area contributed by atoms with Crippen LogP contribution in [0.25, 0.3) is 0 Å². The van der Waals surface area contributed by atoms with E-state index < -0.39 is 0 Å². The van der Waals surface area contributed by atoms with Crippen molar-refractivity contribution in [1.82, 2.24) is 4.90 Å². The van der Waals surface area contributed by atoms with E-state index >= 15 is 0 Å². The molecule has 0 spiro atoms. The first-order chi connectivity index (χ1) is 7.13. The lowest BCUT2D eigenvalue weighted by atomic mass is 10.1. The van der Waals surface area contributed by atoms with E-state index in [1.54, 1.807) is 4.90 Å². The third-order valence-corrected chi connectivity index (χ3v) is 2.48. The fourth-order valence-corrected chi connectivity index (χ4v) is 1.65. The van der Waals surface area contributed by atoms with Gasteiger partial charge in [-0.3, -0.25) is 4.79 Å². The van der Waals surface area contributed by atoms with Crippen LogP contribution in [-0.4, -0.2) is 23.6 Å². The molecule has 0 heterocycles. The minimum absolute atomic E-state index is 0.145. The lowest BCUT2D eigenvalue weighted by Crippen LogP contribution is -2.26. The van der Waals surface area contributed by atoms with Crippen LogP contribution in [0.1, 0.15) is 17.5 Å². The maximum atomic E-state index is 11.5. The molecular weight excluding hydrogens is 206 g/mol. The molecule has 3 heteroatoms. The number of nitrogens with zero attached hydrogens (tertiary/aromatic N) is 1. The maximum absolute atomic E-state index is 11.5. The molecule has 82 valence electrons. The lowest BCUT2D eigenvalue weighted by molar-refractivity contribution is -0.129. The summed E-state index contributed by atoms with van der Waals surface area (Å²) < 4.78 is 0. The average Bonchev–Trinajstić information content (AvgIpc) is 2.18. The molecule has 1 amide bonds. The zero-order valence-electron chi connectivity index (χ0n) is 9.23. The van der Waals surface area contributed by atoms with Crippen LogP contribution < -0.4 is 0 Å². The molecule has 0 aliphatic carbocycles. The second-order valence-electron chi connectivity index (χ2n) is 3.71. The Hall–Kier alpha value is -0.960. The van der Waals surface area contributed by atoms with Crippen molar-refractivity contribution in [1.29, 1.82) is 0 Å². The van der Waals surface area contributed by atoms with E-state index in [1.165, 1.54) is 11.1 Å². The van der Waals surface area contributed by atoms with Gasteiger partial charge in [-0.15, -0.1) is 0 Å². The van der Waals surface area contributed by atoms with E-state index in [-0.39, 0.29) is 5.91 Å². The Morgan fingerprint density at radius 3 is 2.80 bits per heavy atom. The van der Waals surface area contributed by atoms with Crippen molar-refractivity contribution < 1.29 is 4.79 Å². The number of carbonyl (C=O) groups excluding carboxylic acids is 1. The SMILES string of the molecule is Cc1cccc(CN(C)C(=O)CCS)c1. The van der Waals surface area contributed by atoms with Gasteiger partial charge in [-0.25, -0.2) is 0 Å². The van der Waals surface area contributed by atoms with Gasteiger partial charge in [0.25, 0.3) is 0 Å². The fraction of sp³-hybridized carbons (Fsp3) is 0.417. The Morgan fingerprint density at radius 1 is 1.47 bits per heavy atom. The number of benzene rings is 1. The molecule has 1 rings (SSSR count). The van der Waals surface area contributed by atoms with E-state index in [4.69, 9.17) is 0 Å². The van der Waals surface area contributed by atoms with Gasteiger partial charge in [-0.1, -0.05) is 29.8 Å². The Balaban J connectivity index is 2.58. The van der Waals surface area contributed by atoms with Crippen LogP contribution in [0.4, 0.5) is 0 Å². The minimum Gasteiger partial charge on any atom is -0.341 e. The van der Waals surface area contributed by atoms with E-state index in [2.05, 4.69) is 31.7 Å². The normalized spacial score (nSPS) is 10.1.